The van der Waals surface area contributed by atoms with Crippen molar-refractivity contribution in [2.75, 3.05) is 11.9 Å². The highest BCUT2D eigenvalue weighted by Crippen LogP contribution is 2.25. The summed E-state index contributed by atoms with van der Waals surface area (Å²) >= 11 is 1.48. The molecule has 21 heavy (non-hydrogen) atoms. The first kappa shape index (κ1) is 13.7. The fraction of sp³-hybridized carbons (Fsp3) is 0.133. The Hall–Kier alpha value is -2.31. The number of pyridine rings is 1. The van der Waals surface area contributed by atoms with E-state index in [0.29, 0.717) is 11.7 Å². The van der Waals surface area contributed by atoms with Crippen LogP contribution in [-0.4, -0.2) is 22.4 Å². The first-order valence-electron chi connectivity index (χ1n) is 6.56. The molecule has 0 aliphatic rings. The summed E-state index contributed by atoms with van der Waals surface area (Å²) in [5.41, 5.74) is 2.00. The molecule has 0 saturated carbocycles. The Morgan fingerprint density at radius 1 is 1.14 bits per heavy atom. The van der Waals surface area contributed by atoms with E-state index in [2.05, 4.69) is 20.6 Å². The zero-order valence-electron chi connectivity index (χ0n) is 11.2. The Morgan fingerprint density at radius 3 is 2.76 bits per heavy atom. The number of carbonyl (C=O) groups excluding carboxylic acids is 1. The van der Waals surface area contributed by atoms with Gasteiger partial charge in [0.25, 0.3) is 0 Å². The van der Waals surface area contributed by atoms with Gasteiger partial charge in [0, 0.05) is 18.9 Å². The lowest BCUT2D eigenvalue weighted by Gasteiger charge is -2.04. The first-order chi connectivity index (χ1) is 10.3. The molecule has 0 unspecified atom stereocenters. The summed E-state index contributed by atoms with van der Waals surface area (Å²) in [4.78, 5) is 20.2. The van der Waals surface area contributed by atoms with E-state index < -0.39 is 0 Å². The van der Waals surface area contributed by atoms with Crippen LogP contribution in [-0.2, 0) is 11.3 Å². The van der Waals surface area contributed by atoms with Gasteiger partial charge in [-0.15, -0.1) is 0 Å². The number of nitrogens with zero attached hydrogens (tertiary/aromatic N) is 2. The van der Waals surface area contributed by atoms with Crippen LogP contribution in [0, 0.1) is 0 Å². The molecule has 0 radical (unpaired) electrons. The fourth-order valence-electron chi connectivity index (χ4n) is 1.91. The van der Waals surface area contributed by atoms with Crippen molar-refractivity contribution < 1.29 is 4.79 Å². The third kappa shape index (κ3) is 3.62. The standard InChI is InChI=1S/C15H14N4OS/c20-14(10-17-9-11-5-7-16-8-6-11)19-15-18-12-3-1-2-4-13(12)21-15/h1-8,17H,9-10H2,(H,18,19,20). The molecule has 0 bridgehead atoms. The van der Waals surface area contributed by atoms with Crippen molar-refractivity contribution in [1.82, 2.24) is 15.3 Å². The molecule has 0 saturated heterocycles. The van der Waals surface area contributed by atoms with Crippen LogP contribution < -0.4 is 10.6 Å². The summed E-state index contributed by atoms with van der Waals surface area (Å²) in [6.07, 6.45) is 3.47. The molecule has 5 nitrogen and oxygen atoms in total. The number of carbonyl (C=O) groups is 1. The fourth-order valence-corrected chi connectivity index (χ4v) is 2.79. The number of nitrogens with one attached hydrogen (secondary N) is 2. The van der Waals surface area contributed by atoms with Gasteiger partial charge in [-0.05, 0) is 29.8 Å². The molecule has 3 aromatic rings. The Morgan fingerprint density at radius 2 is 1.95 bits per heavy atom. The molecule has 2 N–H and O–H groups in total. The van der Waals surface area contributed by atoms with Crippen LogP contribution in [0.25, 0.3) is 10.2 Å². The number of fused-ring (bicyclic) bond motifs is 1. The number of hydrogen-bond donors (Lipinski definition) is 2. The van der Waals surface area contributed by atoms with E-state index in [1.54, 1.807) is 12.4 Å². The Labute approximate surface area is 126 Å². The van der Waals surface area contributed by atoms with Crippen molar-refractivity contribution >= 4 is 32.6 Å². The Balaban J connectivity index is 1.52. The minimum absolute atomic E-state index is 0.0943. The van der Waals surface area contributed by atoms with Crippen molar-refractivity contribution in [2.45, 2.75) is 6.54 Å². The van der Waals surface area contributed by atoms with E-state index in [-0.39, 0.29) is 12.5 Å². The van der Waals surface area contributed by atoms with Gasteiger partial charge in [-0.1, -0.05) is 23.5 Å². The van der Waals surface area contributed by atoms with E-state index >= 15 is 0 Å². The third-order valence-corrected chi connectivity index (χ3v) is 3.86. The van der Waals surface area contributed by atoms with E-state index in [1.165, 1.54) is 11.3 Å². The van der Waals surface area contributed by atoms with Crippen molar-refractivity contribution in [3.05, 3.63) is 54.4 Å². The van der Waals surface area contributed by atoms with Crippen molar-refractivity contribution in [1.29, 1.82) is 0 Å². The zero-order valence-corrected chi connectivity index (χ0v) is 12.1. The molecule has 2 heterocycles. The van der Waals surface area contributed by atoms with Gasteiger partial charge in [0.15, 0.2) is 5.13 Å². The predicted molar refractivity (Wildman–Crippen MR) is 84.2 cm³/mol. The SMILES string of the molecule is O=C(CNCc1ccncc1)Nc1nc2ccccc2s1. The van der Waals surface area contributed by atoms with Gasteiger partial charge in [-0.3, -0.25) is 9.78 Å². The number of hydrogen-bond acceptors (Lipinski definition) is 5. The lowest BCUT2D eigenvalue weighted by atomic mass is 10.3. The van der Waals surface area contributed by atoms with E-state index in [1.807, 2.05) is 36.4 Å². The van der Waals surface area contributed by atoms with Gasteiger partial charge in [-0.2, -0.15) is 0 Å². The molecule has 2 aromatic heterocycles. The first-order valence-corrected chi connectivity index (χ1v) is 7.38. The van der Waals surface area contributed by atoms with Crippen LogP contribution in [0.3, 0.4) is 0 Å². The summed E-state index contributed by atoms with van der Waals surface area (Å²) in [5.74, 6) is -0.0943. The highest BCUT2D eigenvalue weighted by molar-refractivity contribution is 7.22. The minimum Gasteiger partial charge on any atom is -0.304 e. The average molecular weight is 298 g/mol. The molecular weight excluding hydrogens is 284 g/mol. The maximum atomic E-state index is 11.9. The highest BCUT2D eigenvalue weighted by Gasteiger charge is 2.07. The molecule has 0 aliphatic heterocycles. The molecular formula is C15H14N4OS. The molecule has 106 valence electrons. The van der Waals surface area contributed by atoms with Crippen LogP contribution in [0.4, 0.5) is 5.13 Å². The molecule has 1 aromatic carbocycles. The highest BCUT2D eigenvalue weighted by atomic mass is 32.1. The third-order valence-electron chi connectivity index (χ3n) is 2.90. The lowest BCUT2D eigenvalue weighted by Crippen LogP contribution is -2.27. The smallest absolute Gasteiger partial charge is 0.240 e. The van der Waals surface area contributed by atoms with Gasteiger partial charge >= 0.3 is 0 Å². The number of amides is 1. The number of para-hydroxylation sites is 1. The van der Waals surface area contributed by atoms with E-state index in [9.17, 15) is 4.79 Å². The summed E-state index contributed by atoms with van der Waals surface area (Å²) in [5, 5.41) is 6.54. The molecule has 0 fully saturated rings. The monoisotopic (exact) mass is 298 g/mol. The van der Waals surface area contributed by atoms with Gasteiger partial charge in [0.05, 0.1) is 16.8 Å². The van der Waals surface area contributed by atoms with Gasteiger partial charge < -0.3 is 10.6 Å². The molecule has 6 heteroatoms. The number of rotatable bonds is 5. The normalized spacial score (nSPS) is 10.7. The predicted octanol–water partition coefficient (Wildman–Crippen LogP) is 2.42. The molecule has 0 spiro atoms. The van der Waals surface area contributed by atoms with Crippen molar-refractivity contribution in [3.63, 3.8) is 0 Å². The maximum Gasteiger partial charge on any atom is 0.240 e. The molecule has 1 amide bonds. The largest absolute Gasteiger partial charge is 0.304 e. The zero-order chi connectivity index (χ0) is 14.5. The number of benzene rings is 1. The second-order valence-electron chi connectivity index (χ2n) is 4.49. The summed E-state index contributed by atoms with van der Waals surface area (Å²) in [6.45, 7) is 0.883. The molecule has 0 aliphatic carbocycles. The Kier molecular flexibility index (Phi) is 4.18. The molecule has 3 rings (SSSR count). The van der Waals surface area contributed by atoms with Gasteiger partial charge in [0.1, 0.15) is 0 Å². The average Bonchev–Trinajstić information content (AvgIpc) is 2.90. The van der Waals surface area contributed by atoms with Crippen molar-refractivity contribution in [2.24, 2.45) is 0 Å². The second-order valence-corrected chi connectivity index (χ2v) is 5.52. The maximum absolute atomic E-state index is 11.9. The Bertz CT molecular complexity index is 709. The lowest BCUT2D eigenvalue weighted by molar-refractivity contribution is -0.115. The topological polar surface area (TPSA) is 66.9 Å². The van der Waals surface area contributed by atoms with Crippen LogP contribution in [0.1, 0.15) is 5.56 Å². The van der Waals surface area contributed by atoms with Crippen LogP contribution in [0.5, 0.6) is 0 Å². The van der Waals surface area contributed by atoms with E-state index in [0.717, 1.165) is 15.8 Å². The quantitative estimate of drug-likeness (QED) is 0.759. The minimum atomic E-state index is -0.0943. The summed E-state index contributed by atoms with van der Waals surface area (Å²) in [7, 11) is 0. The summed E-state index contributed by atoms with van der Waals surface area (Å²) in [6, 6.07) is 11.6. The van der Waals surface area contributed by atoms with Crippen molar-refractivity contribution in [3.8, 4) is 0 Å². The van der Waals surface area contributed by atoms with Crippen LogP contribution >= 0.6 is 11.3 Å². The van der Waals surface area contributed by atoms with Crippen LogP contribution in [0.2, 0.25) is 0 Å². The number of anilines is 1. The van der Waals surface area contributed by atoms with Gasteiger partial charge in [-0.25, -0.2) is 4.98 Å². The number of thiazole rings is 1. The second kappa shape index (κ2) is 6.43. The van der Waals surface area contributed by atoms with Gasteiger partial charge in [0.2, 0.25) is 5.91 Å². The number of aromatic nitrogens is 2. The van der Waals surface area contributed by atoms with Crippen LogP contribution in [0.15, 0.2) is 48.8 Å². The molecule has 0 atom stereocenters. The summed E-state index contributed by atoms with van der Waals surface area (Å²) < 4.78 is 1.07. The van der Waals surface area contributed by atoms with E-state index in [4.69, 9.17) is 0 Å².